The number of hydrogen-bond acceptors (Lipinski definition) is 5. The van der Waals surface area contributed by atoms with Crippen molar-refractivity contribution < 1.29 is 9.53 Å². The highest BCUT2D eigenvalue weighted by molar-refractivity contribution is 7.98. The summed E-state index contributed by atoms with van der Waals surface area (Å²) in [5, 5.41) is 7.52. The second-order valence-electron chi connectivity index (χ2n) is 6.63. The number of hydrogen-bond donors (Lipinski definition) is 1. The van der Waals surface area contributed by atoms with Gasteiger partial charge in [0, 0.05) is 25.8 Å². The van der Waals surface area contributed by atoms with E-state index in [0.717, 1.165) is 38.2 Å². The summed E-state index contributed by atoms with van der Waals surface area (Å²) >= 11 is 1.92. The molecular formula is C17H28N4O2S. The number of ether oxygens (including phenoxy) is 1. The van der Waals surface area contributed by atoms with Gasteiger partial charge in [-0.25, -0.2) is 4.68 Å². The van der Waals surface area contributed by atoms with E-state index in [-0.39, 0.29) is 11.8 Å². The first-order valence-corrected chi connectivity index (χ1v) is 10.3. The molecular weight excluding hydrogens is 324 g/mol. The third-order valence-corrected chi connectivity index (χ3v) is 5.64. The number of piperidine rings is 1. The highest BCUT2D eigenvalue weighted by Gasteiger charge is 2.26. The normalized spacial score (nSPS) is 22.8. The van der Waals surface area contributed by atoms with Crippen LogP contribution in [-0.2, 0) is 9.53 Å². The molecule has 1 N–H and O–H groups in total. The molecule has 1 aromatic rings. The van der Waals surface area contributed by atoms with E-state index in [4.69, 9.17) is 4.74 Å². The van der Waals surface area contributed by atoms with Crippen molar-refractivity contribution in [2.45, 2.75) is 31.7 Å². The Kier molecular flexibility index (Phi) is 6.57. The molecule has 134 valence electrons. The molecule has 0 radical (unpaired) electrons. The SMILES string of the molecule is CSCCCN1CCC(n2nccc2NC(=O)[C@H]2CCOC2)CC1. The van der Waals surface area contributed by atoms with Crippen molar-refractivity contribution in [3.8, 4) is 0 Å². The number of amides is 1. The maximum Gasteiger partial charge on any atom is 0.231 e. The fraction of sp³-hybridized carbons (Fsp3) is 0.765. The lowest BCUT2D eigenvalue weighted by atomic mass is 10.0. The average Bonchev–Trinajstić information content (AvgIpc) is 3.27. The zero-order valence-corrected chi connectivity index (χ0v) is 15.3. The molecule has 2 aliphatic rings. The standard InChI is InChI=1S/C17H28N4O2S/c1-24-12-2-8-20-9-4-15(5-10-20)21-16(3-7-18-21)19-17(22)14-6-11-23-13-14/h3,7,14-15H,2,4-6,8-13H2,1H3,(H,19,22)/t14-/m0/s1. The Hall–Kier alpha value is -1.05. The minimum atomic E-state index is -0.0216. The van der Waals surface area contributed by atoms with E-state index in [1.807, 2.05) is 22.5 Å². The topological polar surface area (TPSA) is 59.4 Å². The number of nitrogens with zero attached hydrogens (tertiary/aromatic N) is 3. The fourth-order valence-corrected chi connectivity index (χ4v) is 3.91. The third-order valence-electron chi connectivity index (χ3n) is 4.95. The van der Waals surface area contributed by atoms with Gasteiger partial charge in [0.15, 0.2) is 0 Å². The quantitative estimate of drug-likeness (QED) is 0.763. The summed E-state index contributed by atoms with van der Waals surface area (Å²) in [6.07, 6.45) is 8.21. The molecule has 6 nitrogen and oxygen atoms in total. The zero-order valence-electron chi connectivity index (χ0n) is 14.4. The van der Waals surface area contributed by atoms with E-state index in [9.17, 15) is 4.79 Å². The van der Waals surface area contributed by atoms with Gasteiger partial charge in [-0.3, -0.25) is 4.79 Å². The Morgan fingerprint density at radius 2 is 2.25 bits per heavy atom. The van der Waals surface area contributed by atoms with Gasteiger partial charge in [-0.15, -0.1) is 0 Å². The lowest BCUT2D eigenvalue weighted by Crippen LogP contribution is -2.36. The minimum absolute atomic E-state index is 0.0216. The molecule has 0 bridgehead atoms. The molecule has 1 aromatic heterocycles. The number of carbonyl (C=O) groups is 1. The molecule has 7 heteroatoms. The van der Waals surface area contributed by atoms with Crippen LogP contribution in [0.4, 0.5) is 5.82 Å². The summed E-state index contributed by atoms with van der Waals surface area (Å²) in [6, 6.07) is 2.28. The Bertz CT molecular complexity index is 522. The maximum absolute atomic E-state index is 12.3. The Balaban J connectivity index is 1.51. The van der Waals surface area contributed by atoms with Crippen molar-refractivity contribution in [2.24, 2.45) is 5.92 Å². The van der Waals surface area contributed by atoms with Crippen LogP contribution in [0.25, 0.3) is 0 Å². The monoisotopic (exact) mass is 352 g/mol. The molecule has 0 unspecified atom stereocenters. The second kappa shape index (κ2) is 8.87. The summed E-state index contributed by atoms with van der Waals surface area (Å²) < 4.78 is 7.31. The lowest BCUT2D eigenvalue weighted by molar-refractivity contribution is -0.119. The van der Waals surface area contributed by atoms with Gasteiger partial charge in [0.2, 0.25) is 5.91 Å². The van der Waals surface area contributed by atoms with Crippen LogP contribution in [0.1, 0.15) is 31.7 Å². The van der Waals surface area contributed by atoms with E-state index in [0.29, 0.717) is 19.3 Å². The first kappa shape index (κ1) is 17.8. The molecule has 1 amide bonds. The summed E-state index contributed by atoms with van der Waals surface area (Å²) in [6.45, 7) is 4.64. The first-order valence-electron chi connectivity index (χ1n) is 8.91. The van der Waals surface area contributed by atoms with Crippen LogP contribution in [0.15, 0.2) is 12.3 Å². The van der Waals surface area contributed by atoms with Crippen molar-refractivity contribution in [1.29, 1.82) is 0 Å². The largest absolute Gasteiger partial charge is 0.381 e. The number of nitrogens with one attached hydrogen (secondary N) is 1. The molecule has 2 aliphatic heterocycles. The summed E-state index contributed by atoms with van der Waals surface area (Å²) in [7, 11) is 0. The first-order chi connectivity index (χ1) is 11.8. The van der Waals surface area contributed by atoms with Crippen LogP contribution < -0.4 is 5.32 Å². The van der Waals surface area contributed by atoms with Crippen molar-refractivity contribution in [1.82, 2.24) is 14.7 Å². The molecule has 0 aliphatic carbocycles. The predicted octanol–water partition coefficient (Wildman–Crippen LogP) is 2.25. The van der Waals surface area contributed by atoms with Crippen LogP contribution in [0.2, 0.25) is 0 Å². The van der Waals surface area contributed by atoms with Gasteiger partial charge in [-0.1, -0.05) is 0 Å². The van der Waals surface area contributed by atoms with E-state index in [1.165, 1.54) is 18.7 Å². The number of anilines is 1. The molecule has 2 saturated heterocycles. The van der Waals surface area contributed by atoms with Crippen molar-refractivity contribution in [3.05, 3.63) is 12.3 Å². The average molecular weight is 353 g/mol. The van der Waals surface area contributed by atoms with Crippen LogP contribution in [-0.4, -0.2) is 65.4 Å². The molecule has 2 fully saturated rings. The van der Waals surface area contributed by atoms with Gasteiger partial charge in [0.25, 0.3) is 0 Å². The summed E-state index contributed by atoms with van der Waals surface area (Å²) in [4.78, 5) is 14.9. The second-order valence-corrected chi connectivity index (χ2v) is 7.62. The maximum atomic E-state index is 12.3. The third kappa shape index (κ3) is 4.52. The number of aromatic nitrogens is 2. The number of likely N-dealkylation sites (tertiary alicyclic amines) is 1. The van der Waals surface area contributed by atoms with Crippen LogP contribution in [0.3, 0.4) is 0 Å². The van der Waals surface area contributed by atoms with Crippen LogP contribution in [0.5, 0.6) is 0 Å². The van der Waals surface area contributed by atoms with Gasteiger partial charge in [0.1, 0.15) is 5.82 Å². The van der Waals surface area contributed by atoms with Crippen molar-refractivity contribution >= 4 is 23.5 Å². The Morgan fingerprint density at radius 3 is 2.96 bits per heavy atom. The highest BCUT2D eigenvalue weighted by Crippen LogP contribution is 2.26. The van der Waals surface area contributed by atoms with Gasteiger partial charge >= 0.3 is 0 Å². The van der Waals surface area contributed by atoms with Gasteiger partial charge in [-0.05, 0) is 44.2 Å². The van der Waals surface area contributed by atoms with Crippen LogP contribution >= 0.6 is 11.8 Å². The van der Waals surface area contributed by atoms with Gasteiger partial charge in [0.05, 0.1) is 24.8 Å². The molecule has 24 heavy (non-hydrogen) atoms. The predicted molar refractivity (Wildman–Crippen MR) is 97.5 cm³/mol. The van der Waals surface area contributed by atoms with E-state index >= 15 is 0 Å². The summed E-state index contributed by atoms with van der Waals surface area (Å²) in [5.41, 5.74) is 0. The molecule has 1 atom stereocenters. The van der Waals surface area contributed by atoms with Gasteiger partial charge < -0.3 is 15.0 Å². The number of carbonyl (C=O) groups excluding carboxylic acids is 1. The highest BCUT2D eigenvalue weighted by atomic mass is 32.2. The fourth-order valence-electron chi connectivity index (χ4n) is 3.49. The molecule has 3 heterocycles. The Morgan fingerprint density at radius 1 is 1.42 bits per heavy atom. The van der Waals surface area contributed by atoms with E-state index in [1.54, 1.807) is 6.20 Å². The van der Waals surface area contributed by atoms with Gasteiger partial charge in [-0.2, -0.15) is 16.9 Å². The Labute approximate surface area is 148 Å². The lowest BCUT2D eigenvalue weighted by Gasteiger charge is -2.32. The van der Waals surface area contributed by atoms with E-state index < -0.39 is 0 Å². The number of rotatable bonds is 7. The van der Waals surface area contributed by atoms with Crippen molar-refractivity contribution in [2.75, 3.05) is 50.2 Å². The molecule has 0 spiro atoms. The molecule has 0 saturated carbocycles. The molecule has 0 aromatic carbocycles. The summed E-state index contributed by atoms with van der Waals surface area (Å²) in [5.74, 6) is 2.10. The zero-order chi connectivity index (χ0) is 16.8. The number of thioether (sulfide) groups is 1. The smallest absolute Gasteiger partial charge is 0.231 e. The molecule has 3 rings (SSSR count). The van der Waals surface area contributed by atoms with E-state index in [2.05, 4.69) is 21.6 Å². The van der Waals surface area contributed by atoms with Crippen LogP contribution in [0, 0.1) is 5.92 Å². The van der Waals surface area contributed by atoms with Crippen molar-refractivity contribution in [3.63, 3.8) is 0 Å². The minimum Gasteiger partial charge on any atom is -0.381 e.